The molecule has 6 nitrogen and oxygen atoms in total. The molecule has 0 heterocycles. The zero-order chi connectivity index (χ0) is 12.9. The summed E-state index contributed by atoms with van der Waals surface area (Å²) in [5.41, 5.74) is 0.392. The van der Waals surface area contributed by atoms with Crippen LogP contribution in [0.2, 0.25) is 0 Å². The second kappa shape index (κ2) is 5.65. The number of rotatable bonds is 6. The van der Waals surface area contributed by atoms with Gasteiger partial charge in [0, 0.05) is 6.54 Å². The largest absolute Gasteiger partial charge is 0.481 e. The Kier molecular flexibility index (Phi) is 4.47. The lowest BCUT2D eigenvalue weighted by Gasteiger charge is -2.10. The highest BCUT2D eigenvalue weighted by molar-refractivity contribution is 7.89. The van der Waals surface area contributed by atoms with Crippen molar-refractivity contribution in [2.75, 3.05) is 18.9 Å². The molecule has 94 valence electrons. The molecule has 1 aromatic rings. The fraction of sp³-hybridized carbons (Fsp3) is 0.300. The maximum Gasteiger partial charge on any atom is 0.305 e. The summed E-state index contributed by atoms with van der Waals surface area (Å²) in [6.45, 7) is 0.172. The first-order valence-corrected chi connectivity index (χ1v) is 6.44. The molecular weight excluding hydrogens is 244 g/mol. The molecule has 0 aliphatic carbocycles. The second-order valence-corrected chi connectivity index (χ2v) is 5.13. The maximum absolute atomic E-state index is 11.7. The van der Waals surface area contributed by atoms with Crippen molar-refractivity contribution < 1.29 is 18.3 Å². The smallest absolute Gasteiger partial charge is 0.305 e. The van der Waals surface area contributed by atoms with E-state index >= 15 is 0 Å². The van der Waals surface area contributed by atoms with E-state index in [4.69, 9.17) is 5.11 Å². The second-order valence-electron chi connectivity index (χ2n) is 3.27. The molecule has 17 heavy (non-hydrogen) atoms. The molecule has 0 aliphatic rings. The number of carboxylic acids is 1. The lowest BCUT2D eigenvalue weighted by atomic mass is 10.3. The molecule has 0 radical (unpaired) electrons. The Labute approximate surface area is 99.7 Å². The monoisotopic (exact) mass is 258 g/mol. The SMILES string of the molecule is CNS(=O)(=O)c1ccccc1NCCC(=O)O. The van der Waals surface area contributed by atoms with Gasteiger partial charge >= 0.3 is 5.97 Å². The number of sulfonamides is 1. The summed E-state index contributed by atoms with van der Waals surface area (Å²) < 4.78 is 25.5. The van der Waals surface area contributed by atoms with E-state index < -0.39 is 16.0 Å². The summed E-state index contributed by atoms with van der Waals surface area (Å²) in [5.74, 6) is -0.938. The first-order chi connectivity index (χ1) is 7.97. The van der Waals surface area contributed by atoms with E-state index in [9.17, 15) is 13.2 Å². The van der Waals surface area contributed by atoms with Gasteiger partial charge in [-0.3, -0.25) is 4.79 Å². The molecule has 0 aliphatic heterocycles. The molecule has 1 aromatic carbocycles. The average Bonchev–Trinajstić information content (AvgIpc) is 2.29. The molecule has 0 saturated heterocycles. The van der Waals surface area contributed by atoms with Crippen molar-refractivity contribution >= 4 is 21.7 Å². The van der Waals surface area contributed by atoms with Gasteiger partial charge in [-0.2, -0.15) is 0 Å². The molecule has 0 atom stereocenters. The van der Waals surface area contributed by atoms with Crippen LogP contribution in [-0.2, 0) is 14.8 Å². The Balaban J connectivity index is 2.89. The minimum atomic E-state index is -3.54. The van der Waals surface area contributed by atoms with E-state index in [0.717, 1.165) is 0 Å². The van der Waals surface area contributed by atoms with Crippen molar-refractivity contribution in [3.05, 3.63) is 24.3 Å². The van der Waals surface area contributed by atoms with Crippen molar-refractivity contribution in [1.82, 2.24) is 4.72 Å². The minimum absolute atomic E-state index is 0.0755. The molecule has 0 saturated carbocycles. The first-order valence-electron chi connectivity index (χ1n) is 4.95. The number of para-hydroxylation sites is 1. The molecule has 0 unspecified atom stereocenters. The zero-order valence-electron chi connectivity index (χ0n) is 9.30. The van der Waals surface area contributed by atoms with Gasteiger partial charge in [-0.15, -0.1) is 0 Å². The Morgan fingerprint density at radius 2 is 2.00 bits per heavy atom. The number of anilines is 1. The summed E-state index contributed by atoms with van der Waals surface area (Å²) in [6, 6.07) is 6.32. The molecule has 1 rings (SSSR count). The number of carboxylic acid groups (broad SMARTS) is 1. The summed E-state index contributed by atoms with van der Waals surface area (Å²) in [4.78, 5) is 10.5. The normalized spacial score (nSPS) is 11.1. The quantitative estimate of drug-likeness (QED) is 0.690. The molecule has 3 N–H and O–H groups in total. The Bertz CT molecular complexity index is 499. The van der Waals surface area contributed by atoms with Gasteiger partial charge in [0.05, 0.1) is 12.1 Å². The number of hydrogen-bond acceptors (Lipinski definition) is 4. The summed E-state index contributed by atoms with van der Waals surface area (Å²) in [7, 11) is -2.22. The van der Waals surface area contributed by atoms with Crippen molar-refractivity contribution in [1.29, 1.82) is 0 Å². The standard InChI is InChI=1S/C10H14N2O4S/c1-11-17(15,16)9-5-3-2-4-8(9)12-7-6-10(13)14/h2-5,11-12H,6-7H2,1H3,(H,13,14). The van der Waals surface area contributed by atoms with Gasteiger partial charge in [0.25, 0.3) is 0 Å². The van der Waals surface area contributed by atoms with Gasteiger partial charge in [0.1, 0.15) is 4.90 Å². The van der Waals surface area contributed by atoms with Crippen LogP contribution in [-0.4, -0.2) is 33.1 Å². The summed E-state index contributed by atoms with van der Waals surface area (Å²) in [6.07, 6.45) is -0.0755. The van der Waals surface area contributed by atoms with Crippen molar-refractivity contribution in [2.24, 2.45) is 0 Å². The van der Waals surface area contributed by atoms with E-state index in [1.54, 1.807) is 18.2 Å². The molecule has 0 amide bonds. The third-order valence-corrected chi connectivity index (χ3v) is 3.57. The van der Waals surface area contributed by atoms with Crippen molar-refractivity contribution in [2.45, 2.75) is 11.3 Å². The van der Waals surface area contributed by atoms with Gasteiger partial charge in [-0.1, -0.05) is 12.1 Å². The van der Waals surface area contributed by atoms with Crippen LogP contribution < -0.4 is 10.0 Å². The lowest BCUT2D eigenvalue weighted by molar-refractivity contribution is -0.136. The summed E-state index contributed by atoms with van der Waals surface area (Å²) in [5, 5.41) is 11.3. The number of benzene rings is 1. The molecule has 0 spiro atoms. The molecule has 0 aromatic heterocycles. The van der Waals surface area contributed by atoms with Gasteiger partial charge in [-0.05, 0) is 19.2 Å². The minimum Gasteiger partial charge on any atom is -0.481 e. The average molecular weight is 258 g/mol. The predicted molar refractivity (Wildman–Crippen MR) is 63.4 cm³/mol. The summed E-state index contributed by atoms with van der Waals surface area (Å²) >= 11 is 0. The van der Waals surface area contributed by atoms with Crippen LogP contribution in [0.5, 0.6) is 0 Å². The fourth-order valence-electron chi connectivity index (χ4n) is 1.26. The first kappa shape index (κ1) is 13.5. The van der Waals surface area contributed by atoms with E-state index in [-0.39, 0.29) is 17.9 Å². The van der Waals surface area contributed by atoms with Crippen LogP contribution in [0.25, 0.3) is 0 Å². The highest BCUT2D eigenvalue weighted by Crippen LogP contribution is 2.19. The number of hydrogen-bond donors (Lipinski definition) is 3. The van der Waals surface area contributed by atoms with Crippen LogP contribution >= 0.6 is 0 Å². The van der Waals surface area contributed by atoms with Crippen LogP contribution in [0.4, 0.5) is 5.69 Å². The molecular formula is C10H14N2O4S. The van der Waals surface area contributed by atoms with Gasteiger partial charge in [0.15, 0.2) is 0 Å². The van der Waals surface area contributed by atoms with E-state index in [1.165, 1.54) is 13.1 Å². The molecule has 0 fully saturated rings. The van der Waals surface area contributed by atoms with Crippen molar-refractivity contribution in [3.63, 3.8) is 0 Å². The van der Waals surface area contributed by atoms with Gasteiger partial charge < -0.3 is 10.4 Å². The Morgan fingerprint density at radius 1 is 1.35 bits per heavy atom. The maximum atomic E-state index is 11.7. The van der Waals surface area contributed by atoms with Crippen molar-refractivity contribution in [3.8, 4) is 0 Å². The molecule has 0 bridgehead atoms. The third kappa shape index (κ3) is 3.72. The third-order valence-electron chi connectivity index (χ3n) is 2.10. The topological polar surface area (TPSA) is 95.5 Å². The van der Waals surface area contributed by atoms with Crippen LogP contribution in [0.3, 0.4) is 0 Å². The predicted octanol–water partition coefficient (Wildman–Crippen LogP) is 0.481. The van der Waals surface area contributed by atoms with Gasteiger partial charge in [-0.25, -0.2) is 13.1 Å². The number of aliphatic carboxylic acids is 1. The lowest BCUT2D eigenvalue weighted by Crippen LogP contribution is -2.20. The van der Waals surface area contributed by atoms with Crippen LogP contribution in [0, 0.1) is 0 Å². The zero-order valence-corrected chi connectivity index (χ0v) is 10.1. The Hall–Kier alpha value is -1.60. The van der Waals surface area contributed by atoms with Crippen LogP contribution in [0.1, 0.15) is 6.42 Å². The number of carbonyl (C=O) groups is 1. The van der Waals surface area contributed by atoms with Crippen LogP contribution in [0.15, 0.2) is 29.2 Å². The fourth-order valence-corrected chi connectivity index (χ4v) is 2.17. The highest BCUT2D eigenvalue weighted by Gasteiger charge is 2.15. The Morgan fingerprint density at radius 3 is 2.59 bits per heavy atom. The van der Waals surface area contributed by atoms with E-state index in [0.29, 0.717) is 5.69 Å². The van der Waals surface area contributed by atoms with E-state index in [2.05, 4.69) is 10.0 Å². The van der Waals surface area contributed by atoms with Gasteiger partial charge in [0.2, 0.25) is 10.0 Å². The van der Waals surface area contributed by atoms with E-state index in [1.807, 2.05) is 0 Å². The molecule has 7 heteroatoms. The highest BCUT2D eigenvalue weighted by atomic mass is 32.2. The number of nitrogens with one attached hydrogen (secondary N) is 2.